The van der Waals surface area contributed by atoms with Gasteiger partial charge in [-0.15, -0.1) is 0 Å². The molecule has 0 radical (unpaired) electrons. The maximum Gasteiger partial charge on any atom is 0.246 e. The van der Waals surface area contributed by atoms with Gasteiger partial charge in [0.2, 0.25) is 11.8 Å². The first-order valence-electron chi connectivity index (χ1n) is 6.76. The van der Waals surface area contributed by atoms with E-state index in [4.69, 9.17) is 9.47 Å². The number of amides is 2. The molecule has 1 unspecified atom stereocenters. The van der Waals surface area contributed by atoms with Crippen molar-refractivity contribution in [2.75, 3.05) is 40.0 Å². The van der Waals surface area contributed by atoms with E-state index in [-0.39, 0.29) is 24.3 Å². The molecule has 1 aliphatic heterocycles. The minimum atomic E-state index is -0.694. The predicted molar refractivity (Wildman–Crippen MR) is 68.5 cm³/mol. The maximum absolute atomic E-state index is 12.1. The zero-order chi connectivity index (χ0) is 13.9. The van der Waals surface area contributed by atoms with E-state index in [1.165, 1.54) is 0 Å². The number of carbonyl (C=O) groups is 2. The van der Waals surface area contributed by atoms with Crippen molar-refractivity contribution >= 4 is 11.8 Å². The van der Waals surface area contributed by atoms with Crippen LogP contribution in [0.5, 0.6) is 0 Å². The number of hydrogen-bond donors (Lipinski definition) is 1. The van der Waals surface area contributed by atoms with E-state index in [0.29, 0.717) is 26.4 Å². The van der Waals surface area contributed by atoms with Crippen LogP contribution in [0.15, 0.2) is 0 Å². The van der Waals surface area contributed by atoms with Crippen molar-refractivity contribution in [1.29, 1.82) is 0 Å². The summed E-state index contributed by atoms with van der Waals surface area (Å²) in [5.41, 5.74) is -0.694. The van der Waals surface area contributed by atoms with Crippen molar-refractivity contribution in [1.82, 2.24) is 10.2 Å². The van der Waals surface area contributed by atoms with Crippen molar-refractivity contribution in [3.05, 3.63) is 0 Å². The Hall–Kier alpha value is -1.14. The lowest BCUT2D eigenvalue weighted by atomic mass is 9.90. The molecule has 0 aromatic rings. The molecule has 1 heterocycles. The van der Waals surface area contributed by atoms with Crippen molar-refractivity contribution in [2.24, 2.45) is 5.92 Å². The van der Waals surface area contributed by atoms with Gasteiger partial charge < -0.3 is 19.7 Å². The number of nitrogens with zero attached hydrogens (tertiary/aromatic N) is 1. The summed E-state index contributed by atoms with van der Waals surface area (Å²) in [5, 5.41) is 2.69. The third kappa shape index (κ3) is 2.90. The molecule has 1 saturated heterocycles. The summed E-state index contributed by atoms with van der Waals surface area (Å²) >= 11 is 0. The number of methoxy groups -OCH3 is 1. The van der Waals surface area contributed by atoms with Gasteiger partial charge in [-0.2, -0.15) is 0 Å². The fourth-order valence-corrected chi connectivity index (χ4v) is 2.62. The summed E-state index contributed by atoms with van der Waals surface area (Å²) in [4.78, 5) is 25.9. The Morgan fingerprint density at radius 2 is 2.05 bits per heavy atom. The molecule has 108 valence electrons. The zero-order valence-electron chi connectivity index (χ0n) is 11.6. The molecule has 6 heteroatoms. The lowest BCUT2D eigenvalue weighted by Gasteiger charge is -2.43. The number of piperazine rings is 1. The second-order valence-corrected chi connectivity index (χ2v) is 5.26. The minimum Gasteiger partial charge on any atom is -0.382 e. The van der Waals surface area contributed by atoms with Crippen molar-refractivity contribution < 1.29 is 19.1 Å². The van der Waals surface area contributed by atoms with Gasteiger partial charge in [0.25, 0.3) is 0 Å². The highest BCUT2D eigenvalue weighted by molar-refractivity contribution is 5.98. The molecule has 0 bridgehead atoms. The lowest BCUT2D eigenvalue weighted by molar-refractivity contribution is -0.155. The summed E-state index contributed by atoms with van der Waals surface area (Å²) in [6.45, 7) is 3.90. The highest BCUT2D eigenvalue weighted by Crippen LogP contribution is 2.44. The van der Waals surface area contributed by atoms with Crippen LogP contribution in [0.2, 0.25) is 0 Å². The Balaban J connectivity index is 1.93. The molecule has 1 atom stereocenters. The Morgan fingerprint density at radius 1 is 1.32 bits per heavy atom. The third-order valence-corrected chi connectivity index (χ3v) is 3.98. The Labute approximate surface area is 113 Å². The normalized spacial score (nSPS) is 27.6. The van der Waals surface area contributed by atoms with Crippen LogP contribution in [-0.2, 0) is 19.1 Å². The van der Waals surface area contributed by atoms with E-state index >= 15 is 0 Å². The van der Waals surface area contributed by atoms with Gasteiger partial charge >= 0.3 is 0 Å². The van der Waals surface area contributed by atoms with Crippen LogP contribution in [0.25, 0.3) is 0 Å². The maximum atomic E-state index is 12.1. The molecular formula is C13H22N2O4. The monoisotopic (exact) mass is 270 g/mol. The third-order valence-electron chi connectivity index (χ3n) is 3.98. The Bertz CT molecular complexity index is 357. The van der Waals surface area contributed by atoms with Crippen LogP contribution < -0.4 is 5.32 Å². The standard InChI is InChI=1S/C13H22N2O4/c1-13(10-3-4-10)12(17)14-9-11(16)15(13)5-6-19-8-7-18-2/h10H,3-9H2,1-2H3,(H,14,17). The van der Waals surface area contributed by atoms with Gasteiger partial charge in [0.05, 0.1) is 26.4 Å². The first-order valence-corrected chi connectivity index (χ1v) is 6.76. The number of hydrogen-bond acceptors (Lipinski definition) is 4. The van der Waals surface area contributed by atoms with E-state index in [9.17, 15) is 9.59 Å². The number of nitrogens with one attached hydrogen (secondary N) is 1. The first-order chi connectivity index (χ1) is 9.10. The van der Waals surface area contributed by atoms with Crippen molar-refractivity contribution in [3.8, 4) is 0 Å². The van der Waals surface area contributed by atoms with Gasteiger partial charge in [-0.25, -0.2) is 0 Å². The predicted octanol–water partition coefficient (Wildman–Crippen LogP) is -0.223. The Kier molecular flexibility index (Phi) is 4.42. The largest absolute Gasteiger partial charge is 0.382 e. The molecule has 2 rings (SSSR count). The van der Waals surface area contributed by atoms with Gasteiger partial charge in [-0.05, 0) is 25.7 Å². The Morgan fingerprint density at radius 3 is 2.68 bits per heavy atom. The first kappa shape index (κ1) is 14.3. The smallest absolute Gasteiger partial charge is 0.246 e. The summed E-state index contributed by atoms with van der Waals surface area (Å²) in [5.74, 6) is 0.228. The van der Waals surface area contributed by atoms with Crippen LogP contribution in [0.4, 0.5) is 0 Å². The fraction of sp³-hybridized carbons (Fsp3) is 0.846. The van der Waals surface area contributed by atoms with Gasteiger partial charge in [0.15, 0.2) is 0 Å². The summed E-state index contributed by atoms with van der Waals surface area (Å²) in [6.07, 6.45) is 2.02. The van der Waals surface area contributed by atoms with E-state index in [1.54, 1.807) is 12.0 Å². The SMILES string of the molecule is COCCOCCN1C(=O)CNC(=O)C1(C)C1CC1. The molecule has 1 saturated carbocycles. The second-order valence-electron chi connectivity index (χ2n) is 5.26. The van der Waals surface area contributed by atoms with Gasteiger partial charge in [-0.3, -0.25) is 9.59 Å². The molecule has 1 aliphatic carbocycles. The molecule has 6 nitrogen and oxygen atoms in total. The van der Waals surface area contributed by atoms with Crippen molar-refractivity contribution in [3.63, 3.8) is 0 Å². The number of rotatable bonds is 7. The lowest BCUT2D eigenvalue weighted by Crippen LogP contribution is -2.67. The summed E-state index contributed by atoms with van der Waals surface area (Å²) in [6, 6.07) is 0. The van der Waals surface area contributed by atoms with Crippen LogP contribution in [0.1, 0.15) is 19.8 Å². The minimum absolute atomic E-state index is 0.0238. The van der Waals surface area contributed by atoms with Crippen LogP contribution >= 0.6 is 0 Å². The molecule has 1 N–H and O–H groups in total. The topological polar surface area (TPSA) is 67.9 Å². The van der Waals surface area contributed by atoms with Crippen LogP contribution in [0, 0.1) is 5.92 Å². The second kappa shape index (κ2) is 5.88. The average molecular weight is 270 g/mol. The molecule has 2 amide bonds. The summed E-state index contributed by atoms with van der Waals surface area (Å²) in [7, 11) is 1.62. The van der Waals surface area contributed by atoms with E-state index in [0.717, 1.165) is 12.8 Å². The van der Waals surface area contributed by atoms with Crippen LogP contribution in [0.3, 0.4) is 0 Å². The molecule has 0 spiro atoms. The molecule has 0 aromatic heterocycles. The zero-order valence-corrected chi connectivity index (χ0v) is 11.6. The number of carbonyl (C=O) groups excluding carboxylic acids is 2. The average Bonchev–Trinajstić information content (AvgIpc) is 3.22. The van der Waals surface area contributed by atoms with E-state index in [2.05, 4.69) is 5.32 Å². The number of ether oxygens (including phenoxy) is 2. The quantitative estimate of drug-likeness (QED) is 0.649. The summed E-state index contributed by atoms with van der Waals surface area (Å²) < 4.78 is 10.3. The molecule has 2 fully saturated rings. The van der Waals surface area contributed by atoms with E-state index < -0.39 is 5.54 Å². The van der Waals surface area contributed by atoms with Gasteiger partial charge in [0.1, 0.15) is 5.54 Å². The van der Waals surface area contributed by atoms with Gasteiger partial charge in [0, 0.05) is 13.7 Å². The fourth-order valence-electron chi connectivity index (χ4n) is 2.62. The van der Waals surface area contributed by atoms with E-state index in [1.807, 2.05) is 6.92 Å². The highest BCUT2D eigenvalue weighted by Gasteiger charge is 2.54. The van der Waals surface area contributed by atoms with Crippen molar-refractivity contribution in [2.45, 2.75) is 25.3 Å². The van der Waals surface area contributed by atoms with Gasteiger partial charge in [-0.1, -0.05) is 0 Å². The molecule has 0 aromatic carbocycles. The molecule has 2 aliphatic rings. The highest BCUT2D eigenvalue weighted by atomic mass is 16.5. The molecular weight excluding hydrogens is 248 g/mol. The molecule has 19 heavy (non-hydrogen) atoms. The van der Waals surface area contributed by atoms with Crippen LogP contribution in [-0.4, -0.2) is 62.3 Å².